The molecule has 0 fully saturated rings. The van der Waals surface area contributed by atoms with Crippen LogP contribution < -0.4 is 11.5 Å². The molecule has 0 bridgehead atoms. The van der Waals surface area contributed by atoms with Gasteiger partial charge < -0.3 is 16.2 Å². The summed E-state index contributed by atoms with van der Waals surface area (Å²) in [4.78, 5) is 8.51. The number of hydrogen-bond donors (Lipinski definition) is 2. The molecule has 2 aromatic rings. The topological polar surface area (TPSA) is 87.0 Å². The second-order valence-corrected chi connectivity index (χ2v) is 3.87. The third-order valence-electron chi connectivity index (χ3n) is 2.71. The quantitative estimate of drug-likeness (QED) is 0.845. The predicted octanol–water partition coefficient (Wildman–Crippen LogP) is 1.25. The minimum atomic E-state index is -0.319. The van der Waals surface area contributed by atoms with Crippen molar-refractivity contribution in [2.24, 2.45) is 5.73 Å². The summed E-state index contributed by atoms with van der Waals surface area (Å²) in [6.07, 6.45) is 1.33. The van der Waals surface area contributed by atoms with Crippen LogP contribution in [0.25, 0.3) is 0 Å². The zero-order valence-electron chi connectivity index (χ0n) is 10.2. The molecule has 5 nitrogen and oxygen atoms in total. The summed E-state index contributed by atoms with van der Waals surface area (Å²) in [5, 5.41) is 0. The minimum absolute atomic E-state index is 0.319. The van der Waals surface area contributed by atoms with Gasteiger partial charge in [0.05, 0.1) is 0 Å². The van der Waals surface area contributed by atoms with Crippen LogP contribution in [0.3, 0.4) is 0 Å². The Balaban J connectivity index is 2.37. The van der Waals surface area contributed by atoms with Gasteiger partial charge in [-0.05, 0) is 5.56 Å². The highest BCUT2D eigenvalue weighted by atomic mass is 16.5. The molecule has 0 spiro atoms. The summed E-state index contributed by atoms with van der Waals surface area (Å²) in [5.74, 6) is 0.943. The molecule has 0 aliphatic rings. The third-order valence-corrected chi connectivity index (χ3v) is 2.71. The monoisotopic (exact) mass is 244 g/mol. The number of rotatable bonds is 4. The van der Waals surface area contributed by atoms with E-state index >= 15 is 0 Å². The van der Waals surface area contributed by atoms with Gasteiger partial charge in [-0.25, -0.2) is 9.97 Å². The number of nitrogens with zero attached hydrogens (tertiary/aromatic N) is 2. The normalized spacial score (nSPS) is 12.3. The van der Waals surface area contributed by atoms with Gasteiger partial charge >= 0.3 is 0 Å². The number of methoxy groups -OCH3 is 1. The highest BCUT2D eigenvalue weighted by Gasteiger charge is 2.17. The van der Waals surface area contributed by atoms with Crippen LogP contribution in [0.4, 0.5) is 5.82 Å². The average Bonchev–Trinajstić information content (AvgIpc) is 2.41. The fourth-order valence-electron chi connectivity index (χ4n) is 1.74. The van der Waals surface area contributed by atoms with Gasteiger partial charge in [-0.2, -0.15) is 0 Å². The van der Waals surface area contributed by atoms with Crippen molar-refractivity contribution >= 4 is 5.82 Å². The van der Waals surface area contributed by atoms with Gasteiger partial charge in [0.1, 0.15) is 11.9 Å². The van der Waals surface area contributed by atoms with Crippen molar-refractivity contribution < 1.29 is 4.74 Å². The predicted molar refractivity (Wildman–Crippen MR) is 69.6 cm³/mol. The van der Waals surface area contributed by atoms with Gasteiger partial charge in [0.15, 0.2) is 5.82 Å². The molecule has 1 unspecified atom stereocenters. The molecule has 0 saturated carbocycles. The van der Waals surface area contributed by atoms with Gasteiger partial charge in [0.25, 0.3) is 0 Å². The number of nitrogens with two attached hydrogens (primary N) is 2. The largest absolute Gasteiger partial charge is 0.383 e. The molecule has 1 heterocycles. The van der Waals surface area contributed by atoms with Crippen LogP contribution in [-0.4, -0.2) is 17.1 Å². The van der Waals surface area contributed by atoms with Crippen LogP contribution in [0.2, 0.25) is 0 Å². The first-order valence-corrected chi connectivity index (χ1v) is 5.65. The first kappa shape index (κ1) is 12.5. The molecule has 4 N–H and O–H groups in total. The Morgan fingerprint density at radius 2 is 2.00 bits per heavy atom. The van der Waals surface area contributed by atoms with Crippen molar-refractivity contribution in [3.05, 3.63) is 53.5 Å². The fourth-order valence-corrected chi connectivity index (χ4v) is 1.74. The molecule has 1 aromatic carbocycles. The molecule has 1 atom stereocenters. The zero-order chi connectivity index (χ0) is 13.0. The molecule has 18 heavy (non-hydrogen) atoms. The lowest BCUT2D eigenvalue weighted by Crippen LogP contribution is -2.12. The molecule has 94 valence electrons. The molecule has 0 aliphatic carbocycles. The van der Waals surface area contributed by atoms with Crippen molar-refractivity contribution in [2.75, 3.05) is 12.8 Å². The van der Waals surface area contributed by atoms with Gasteiger partial charge in [-0.15, -0.1) is 0 Å². The lowest BCUT2D eigenvalue weighted by atomic mass is 10.1. The van der Waals surface area contributed by atoms with E-state index < -0.39 is 0 Å². The van der Waals surface area contributed by atoms with Crippen molar-refractivity contribution in [3.63, 3.8) is 0 Å². The Hall–Kier alpha value is -1.98. The van der Waals surface area contributed by atoms with Gasteiger partial charge in [-0.1, -0.05) is 30.3 Å². The Labute approximate surface area is 106 Å². The molecular weight excluding hydrogens is 228 g/mol. The smallest absolute Gasteiger partial charge is 0.164 e. The summed E-state index contributed by atoms with van der Waals surface area (Å²) < 4.78 is 5.44. The molecule has 2 rings (SSSR count). The summed E-state index contributed by atoms with van der Waals surface area (Å²) in [5.41, 5.74) is 13.1. The number of anilines is 1. The first-order valence-electron chi connectivity index (χ1n) is 5.65. The molecule has 0 radical (unpaired) electrons. The SMILES string of the molecule is COC(c1ccccc1)c1ncc(CN)c(N)n1. The van der Waals surface area contributed by atoms with E-state index in [0.717, 1.165) is 11.1 Å². The van der Waals surface area contributed by atoms with E-state index in [4.69, 9.17) is 16.2 Å². The maximum Gasteiger partial charge on any atom is 0.164 e. The maximum absolute atomic E-state index is 5.82. The summed E-state index contributed by atoms with van der Waals surface area (Å²) in [7, 11) is 1.62. The fraction of sp³-hybridized carbons (Fsp3) is 0.231. The molecule has 0 saturated heterocycles. The Morgan fingerprint density at radius 3 is 2.56 bits per heavy atom. The third kappa shape index (κ3) is 2.47. The molecule has 5 heteroatoms. The van der Waals surface area contributed by atoms with Crippen LogP contribution in [0.1, 0.15) is 23.1 Å². The molecule has 0 amide bonds. The number of ether oxygens (including phenoxy) is 1. The van der Waals surface area contributed by atoms with E-state index in [1.807, 2.05) is 30.3 Å². The van der Waals surface area contributed by atoms with Crippen molar-refractivity contribution in [1.29, 1.82) is 0 Å². The number of hydrogen-bond acceptors (Lipinski definition) is 5. The molecule has 0 aliphatic heterocycles. The summed E-state index contributed by atoms with van der Waals surface area (Å²) in [6.45, 7) is 0.328. The van der Waals surface area contributed by atoms with E-state index in [1.165, 1.54) is 0 Å². The second-order valence-electron chi connectivity index (χ2n) is 3.87. The van der Waals surface area contributed by atoms with Crippen LogP contribution in [0, 0.1) is 0 Å². The van der Waals surface area contributed by atoms with E-state index in [1.54, 1.807) is 13.3 Å². The number of benzene rings is 1. The second kappa shape index (κ2) is 5.57. The van der Waals surface area contributed by atoms with E-state index in [9.17, 15) is 0 Å². The molecule has 1 aromatic heterocycles. The standard InChI is InChI=1S/C13H16N4O/c1-18-11(9-5-3-2-4-6-9)13-16-8-10(7-14)12(15)17-13/h2-6,8,11H,7,14H2,1H3,(H2,15,16,17). The zero-order valence-corrected chi connectivity index (χ0v) is 10.2. The Bertz CT molecular complexity index is 516. The van der Waals surface area contributed by atoms with E-state index in [0.29, 0.717) is 18.2 Å². The van der Waals surface area contributed by atoms with E-state index in [2.05, 4.69) is 9.97 Å². The highest BCUT2D eigenvalue weighted by molar-refractivity contribution is 5.38. The Morgan fingerprint density at radius 1 is 1.28 bits per heavy atom. The van der Waals surface area contributed by atoms with Crippen molar-refractivity contribution in [2.45, 2.75) is 12.6 Å². The Kier molecular flexibility index (Phi) is 3.86. The lowest BCUT2D eigenvalue weighted by molar-refractivity contribution is 0.129. The first-order chi connectivity index (χ1) is 8.76. The van der Waals surface area contributed by atoms with Crippen LogP contribution >= 0.6 is 0 Å². The average molecular weight is 244 g/mol. The van der Waals surface area contributed by atoms with Gasteiger partial charge in [-0.3, -0.25) is 0 Å². The lowest BCUT2D eigenvalue weighted by Gasteiger charge is -2.15. The van der Waals surface area contributed by atoms with Gasteiger partial charge in [0.2, 0.25) is 0 Å². The van der Waals surface area contributed by atoms with Crippen LogP contribution in [0.15, 0.2) is 36.5 Å². The van der Waals surface area contributed by atoms with E-state index in [-0.39, 0.29) is 6.10 Å². The maximum atomic E-state index is 5.82. The number of nitrogen functional groups attached to an aromatic ring is 1. The van der Waals surface area contributed by atoms with Crippen LogP contribution in [0.5, 0.6) is 0 Å². The molecular formula is C13H16N4O. The number of aromatic nitrogens is 2. The summed E-state index contributed by atoms with van der Waals surface area (Å²) in [6, 6.07) is 9.76. The van der Waals surface area contributed by atoms with Crippen LogP contribution in [-0.2, 0) is 11.3 Å². The van der Waals surface area contributed by atoms with Crippen molar-refractivity contribution in [1.82, 2.24) is 9.97 Å². The summed E-state index contributed by atoms with van der Waals surface area (Å²) >= 11 is 0. The highest BCUT2D eigenvalue weighted by Crippen LogP contribution is 2.23. The van der Waals surface area contributed by atoms with Crippen molar-refractivity contribution in [3.8, 4) is 0 Å². The minimum Gasteiger partial charge on any atom is -0.383 e. The van der Waals surface area contributed by atoms with Gasteiger partial charge in [0, 0.05) is 25.4 Å².